The summed E-state index contributed by atoms with van der Waals surface area (Å²) in [6.07, 6.45) is 1.39. The van der Waals surface area contributed by atoms with Gasteiger partial charge >= 0.3 is 0 Å². The molecule has 0 aliphatic heterocycles. The molecule has 8 heteroatoms. The van der Waals surface area contributed by atoms with Crippen LogP contribution in [-0.4, -0.2) is 37.1 Å². The maximum absolute atomic E-state index is 12.2. The van der Waals surface area contributed by atoms with Gasteiger partial charge < -0.3 is 10.6 Å². The molecule has 2 rings (SSSR count). The molecule has 21 heavy (non-hydrogen) atoms. The second-order valence-electron chi connectivity index (χ2n) is 5.95. The van der Waals surface area contributed by atoms with Crippen molar-refractivity contribution in [2.45, 2.75) is 46.2 Å². The number of anilines is 1. The molecule has 2 aromatic heterocycles. The van der Waals surface area contributed by atoms with Gasteiger partial charge in [0.25, 0.3) is 5.78 Å². The zero-order valence-corrected chi connectivity index (χ0v) is 13.5. The highest BCUT2D eigenvalue weighted by Gasteiger charge is 2.21. The van der Waals surface area contributed by atoms with Gasteiger partial charge in [-0.2, -0.15) is 19.6 Å². The number of hydrogen-bond acceptors (Lipinski definition) is 5. The zero-order valence-electron chi connectivity index (χ0n) is 12.7. The van der Waals surface area contributed by atoms with Crippen LogP contribution in [0.3, 0.4) is 0 Å². The number of nitrogens with zero attached hydrogens (tertiary/aromatic N) is 4. The van der Waals surface area contributed by atoms with E-state index in [1.54, 1.807) is 6.92 Å². The summed E-state index contributed by atoms with van der Waals surface area (Å²) in [7, 11) is 0. The molecule has 114 valence electrons. The number of nitrogens with one attached hydrogen (secondary N) is 2. The van der Waals surface area contributed by atoms with Crippen LogP contribution in [0.4, 0.5) is 5.82 Å². The Morgan fingerprint density at radius 3 is 2.71 bits per heavy atom. The van der Waals surface area contributed by atoms with Crippen molar-refractivity contribution >= 4 is 29.1 Å². The molecule has 0 bridgehead atoms. The van der Waals surface area contributed by atoms with Crippen LogP contribution >= 0.6 is 11.6 Å². The zero-order chi connectivity index (χ0) is 15.8. The molecule has 0 aliphatic rings. The van der Waals surface area contributed by atoms with Gasteiger partial charge in [-0.1, -0.05) is 11.6 Å². The maximum atomic E-state index is 12.2. The number of fused-ring (bicyclic) bond motifs is 1. The first-order valence-corrected chi connectivity index (χ1v) is 7.01. The molecular formula is C13H19ClN6O. The smallest absolute Gasteiger partial charge is 0.255 e. The van der Waals surface area contributed by atoms with Crippen LogP contribution in [-0.2, 0) is 4.79 Å². The van der Waals surface area contributed by atoms with Crippen molar-refractivity contribution in [3.05, 3.63) is 17.0 Å². The highest BCUT2D eigenvalue weighted by atomic mass is 35.5. The van der Waals surface area contributed by atoms with Gasteiger partial charge in [0, 0.05) is 11.1 Å². The van der Waals surface area contributed by atoms with Crippen LogP contribution in [0.1, 0.15) is 33.3 Å². The molecule has 0 saturated heterocycles. The van der Waals surface area contributed by atoms with Gasteiger partial charge in [0.1, 0.15) is 23.3 Å². The number of carbonyl (C=O) groups is 1. The minimum atomic E-state index is -0.450. The van der Waals surface area contributed by atoms with Gasteiger partial charge in [-0.25, -0.2) is 0 Å². The summed E-state index contributed by atoms with van der Waals surface area (Å²) in [5.74, 6) is 0.888. The van der Waals surface area contributed by atoms with Crippen LogP contribution in [0.25, 0.3) is 5.78 Å². The van der Waals surface area contributed by atoms with Gasteiger partial charge in [-0.15, -0.1) is 0 Å². The molecule has 1 atom stereocenters. The van der Waals surface area contributed by atoms with Gasteiger partial charge in [0.2, 0.25) is 5.91 Å². The second-order valence-corrected chi connectivity index (χ2v) is 6.31. The molecule has 2 N–H and O–H groups in total. The number of amides is 1. The third-order valence-electron chi connectivity index (χ3n) is 2.85. The first-order valence-electron chi connectivity index (χ1n) is 6.63. The summed E-state index contributed by atoms with van der Waals surface area (Å²) in [6.45, 7) is 9.39. The van der Waals surface area contributed by atoms with E-state index >= 15 is 0 Å². The molecule has 0 saturated carbocycles. The van der Waals surface area contributed by atoms with Gasteiger partial charge in [-0.05, 0) is 34.6 Å². The molecular weight excluding hydrogens is 292 g/mol. The van der Waals surface area contributed by atoms with Crippen LogP contribution in [0.2, 0.25) is 5.15 Å². The Morgan fingerprint density at radius 2 is 2.10 bits per heavy atom. The fourth-order valence-electron chi connectivity index (χ4n) is 1.82. The summed E-state index contributed by atoms with van der Waals surface area (Å²) >= 11 is 6.09. The predicted octanol–water partition coefficient (Wildman–Crippen LogP) is 1.80. The van der Waals surface area contributed by atoms with E-state index in [2.05, 4.69) is 25.7 Å². The Balaban J connectivity index is 2.29. The summed E-state index contributed by atoms with van der Waals surface area (Å²) in [4.78, 5) is 20.3. The van der Waals surface area contributed by atoms with Crippen molar-refractivity contribution in [3.8, 4) is 0 Å². The Kier molecular flexibility index (Phi) is 4.04. The lowest BCUT2D eigenvalue weighted by Gasteiger charge is -2.24. The monoisotopic (exact) mass is 310 g/mol. The van der Waals surface area contributed by atoms with E-state index in [0.29, 0.717) is 22.3 Å². The van der Waals surface area contributed by atoms with Crippen molar-refractivity contribution in [2.24, 2.45) is 0 Å². The number of hydrogen-bond donors (Lipinski definition) is 2. The van der Waals surface area contributed by atoms with E-state index in [-0.39, 0.29) is 11.4 Å². The van der Waals surface area contributed by atoms with Gasteiger partial charge in [0.05, 0.1) is 0 Å². The molecule has 0 spiro atoms. The fraction of sp³-hybridized carbons (Fsp3) is 0.538. The van der Waals surface area contributed by atoms with Crippen LogP contribution in [0, 0.1) is 6.92 Å². The SMILES string of the molecule is Cc1c(Cl)nc2ncnn2c1NC(C)C(=O)NC(C)(C)C. The van der Waals surface area contributed by atoms with Crippen LogP contribution in [0.15, 0.2) is 6.33 Å². The van der Waals surface area contributed by atoms with E-state index < -0.39 is 6.04 Å². The molecule has 0 fully saturated rings. The summed E-state index contributed by atoms with van der Waals surface area (Å²) in [5, 5.41) is 10.5. The quantitative estimate of drug-likeness (QED) is 0.845. The van der Waals surface area contributed by atoms with E-state index in [1.165, 1.54) is 10.8 Å². The maximum Gasteiger partial charge on any atom is 0.255 e. The van der Waals surface area contributed by atoms with Crippen LogP contribution < -0.4 is 10.6 Å². The van der Waals surface area contributed by atoms with E-state index in [0.717, 1.165) is 0 Å². The van der Waals surface area contributed by atoms with Crippen molar-refractivity contribution in [2.75, 3.05) is 5.32 Å². The Labute approximate surface area is 128 Å². The van der Waals surface area contributed by atoms with Crippen molar-refractivity contribution in [1.82, 2.24) is 24.9 Å². The van der Waals surface area contributed by atoms with Gasteiger partial charge in [0.15, 0.2) is 0 Å². The third-order valence-corrected chi connectivity index (χ3v) is 3.22. The largest absolute Gasteiger partial charge is 0.358 e. The normalized spacial score (nSPS) is 13.2. The molecule has 1 unspecified atom stereocenters. The van der Waals surface area contributed by atoms with Gasteiger partial charge in [-0.3, -0.25) is 4.79 Å². The predicted molar refractivity (Wildman–Crippen MR) is 81.5 cm³/mol. The number of rotatable bonds is 3. The molecule has 2 heterocycles. The van der Waals surface area contributed by atoms with E-state index in [4.69, 9.17) is 11.6 Å². The summed E-state index contributed by atoms with van der Waals surface area (Å²) in [5.41, 5.74) is 0.422. The highest BCUT2D eigenvalue weighted by Crippen LogP contribution is 2.22. The summed E-state index contributed by atoms with van der Waals surface area (Å²) in [6, 6.07) is -0.450. The van der Waals surface area contributed by atoms with Crippen molar-refractivity contribution < 1.29 is 4.79 Å². The first-order chi connectivity index (χ1) is 9.69. The van der Waals surface area contributed by atoms with E-state index in [1.807, 2.05) is 27.7 Å². The number of carbonyl (C=O) groups excluding carboxylic acids is 1. The number of aromatic nitrogens is 4. The standard InChI is InChI=1S/C13H19ClN6O/c1-7-9(14)18-12-15-6-16-20(12)10(7)17-8(2)11(21)19-13(3,4)5/h6,8,17H,1-5H3,(H,19,21). The fourth-order valence-corrected chi connectivity index (χ4v) is 1.98. The summed E-state index contributed by atoms with van der Waals surface area (Å²) < 4.78 is 1.53. The Morgan fingerprint density at radius 1 is 1.43 bits per heavy atom. The lowest BCUT2D eigenvalue weighted by molar-refractivity contribution is -0.122. The van der Waals surface area contributed by atoms with Crippen molar-refractivity contribution in [1.29, 1.82) is 0 Å². The minimum absolute atomic E-state index is 0.108. The lowest BCUT2D eigenvalue weighted by atomic mass is 10.1. The topological polar surface area (TPSA) is 84.2 Å². The minimum Gasteiger partial charge on any atom is -0.358 e. The Hall–Kier alpha value is -1.89. The second kappa shape index (κ2) is 5.48. The van der Waals surface area contributed by atoms with Crippen LogP contribution in [0.5, 0.6) is 0 Å². The average molecular weight is 311 g/mol. The Bertz CT molecular complexity index is 675. The van der Waals surface area contributed by atoms with E-state index in [9.17, 15) is 4.79 Å². The average Bonchev–Trinajstić information content (AvgIpc) is 2.80. The molecule has 2 aromatic rings. The number of halogens is 1. The molecule has 7 nitrogen and oxygen atoms in total. The third kappa shape index (κ3) is 3.41. The highest BCUT2D eigenvalue weighted by molar-refractivity contribution is 6.30. The molecule has 1 amide bonds. The first kappa shape index (κ1) is 15.5. The molecule has 0 aromatic carbocycles. The van der Waals surface area contributed by atoms with Crippen molar-refractivity contribution in [3.63, 3.8) is 0 Å². The molecule has 0 radical (unpaired) electrons. The lowest BCUT2D eigenvalue weighted by Crippen LogP contribution is -2.47. The molecule has 0 aliphatic carbocycles.